The molecule has 0 aliphatic carbocycles. The summed E-state index contributed by atoms with van der Waals surface area (Å²) in [5, 5.41) is 2.73. The highest BCUT2D eigenvalue weighted by atomic mass is 16.5. The number of Topliss-reactive ketones (excluding diaryl/α,β-unsaturated/α-hetero) is 1. The highest BCUT2D eigenvalue weighted by Gasteiger charge is 2.22. The summed E-state index contributed by atoms with van der Waals surface area (Å²) in [6.07, 6.45) is 1.35. The minimum absolute atomic E-state index is 0.0705. The molecule has 1 aliphatic rings. The summed E-state index contributed by atoms with van der Waals surface area (Å²) in [7, 11) is 0. The molecule has 7 heteroatoms. The Labute approximate surface area is 197 Å². The topological polar surface area (TPSA) is 92.8 Å². The number of nitrogens with one attached hydrogen (secondary N) is 1. The third-order valence-electron chi connectivity index (χ3n) is 5.58. The molecular weight excluding hydrogens is 432 g/mol. The molecule has 0 unspecified atom stereocenters. The number of benzene rings is 3. The van der Waals surface area contributed by atoms with E-state index < -0.39 is 12.6 Å². The van der Waals surface area contributed by atoms with Crippen LogP contribution in [-0.2, 0) is 9.53 Å². The van der Waals surface area contributed by atoms with Crippen molar-refractivity contribution in [1.82, 2.24) is 0 Å². The molecule has 1 N–H and O–H groups in total. The van der Waals surface area contributed by atoms with E-state index in [0.29, 0.717) is 29.8 Å². The molecule has 0 saturated carbocycles. The smallest absolute Gasteiger partial charge is 0.340 e. The van der Waals surface area contributed by atoms with E-state index in [9.17, 15) is 19.2 Å². The number of para-hydroxylation sites is 1. The Morgan fingerprint density at radius 2 is 1.71 bits per heavy atom. The van der Waals surface area contributed by atoms with Crippen LogP contribution in [0, 0.1) is 6.92 Å². The number of hydrogen-bond donors (Lipinski definition) is 1. The van der Waals surface area contributed by atoms with Crippen LogP contribution in [0.4, 0.5) is 11.4 Å². The molecule has 0 radical (unpaired) electrons. The molecule has 2 amide bonds. The summed E-state index contributed by atoms with van der Waals surface area (Å²) in [4.78, 5) is 51.4. The van der Waals surface area contributed by atoms with Crippen molar-refractivity contribution in [2.75, 3.05) is 23.4 Å². The Bertz CT molecular complexity index is 1250. The van der Waals surface area contributed by atoms with Crippen molar-refractivity contribution >= 4 is 34.9 Å². The highest BCUT2D eigenvalue weighted by molar-refractivity contribution is 6.08. The lowest BCUT2D eigenvalue weighted by atomic mass is 10.1. The van der Waals surface area contributed by atoms with Crippen LogP contribution in [0.2, 0.25) is 0 Å². The molecule has 172 valence electrons. The fraction of sp³-hybridized carbons (Fsp3) is 0.185. The molecule has 3 aromatic rings. The van der Waals surface area contributed by atoms with Gasteiger partial charge in [-0.1, -0.05) is 29.8 Å². The molecule has 4 rings (SSSR count). The Kier molecular flexibility index (Phi) is 6.82. The number of esters is 1. The van der Waals surface area contributed by atoms with E-state index in [1.807, 2.05) is 13.0 Å². The summed E-state index contributed by atoms with van der Waals surface area (Å²) >= 11 is 0. The van der Waals surface area contributed by atoms with E-state index in [2.05, 4.69) is 5.32 Å². The van der Waals surface area contributed by atoms with Crippen LogP contribution < -0.4 is 10.2 Å². The minimum atomic E-state index is -0.715. The van der Waals surface area contributed by atoms with Crippen LogP contribution in [0.5, 0.6) is 0 Å². The van der Waals surface area contributed by atoms with Gasteiger partial charge in [0, 0.05) is 29.8 Å². The second kappa shape index (κ2) is 10.1. The third kappa shape index (κ3) is 5.20. The first-order valence-electron chi connectivity index (χ1n) is 11.0. The van der Waals surface area contributed by atoms with Gasteiger partial charge in [0.05, 0.1) is 11.3 Å². The zero-order valence-electron chi connectivity index (χ0n) is 18.7. The Balaban J connectivity index is 1.39. The number of hydrogen-bond acceptors (Lipinski definition) is 5. The second-order valence-corrected chi connectivity index (χ2v) is 8.06. The number of rotatable bonds is 7. The number of amides is 2. The van der Waals surface area contributed by atoms with Gasteiger partial charge in [0.1, 0.15) is 0 Å². The lowest BCUT2D eigenvalue weighted by Gasteiger charge is -2.15. The standard InChI is InChI=1S/C27H24N2O5/c1-18-6-4-7-20(16-18)26(32)28-23-9-3-2-8-22(23)27(33)34-17-24(30)19-11-13-21(14-12-19)29-15-5-10-25(29)31/h2-4,6-9,11-14,16H,5,10,15,17H2,1H3,(H,28,32). The summed E-state index contributed by atoms with van der Waals surface area (Å²) in [6, 6.07) is 20.3. The maximum absolute atomic E-state index is 12.7. The number of aryl methyl sites for hydroxylation is 1. The molecule has 0 bridgehead atoms. The van der Waals surface area contributed by atoms with Crippen molar-refractivity contribution in [3.05, 3.63) is 95.1 Å². The first kappa shape index (κ1) is 22.9. The van der Waals surface area contributed by atoms with E-state index in [1.165, 1.54) is 6.07 Å². The molecule has 0 atom stereocenters. The minimum Gasteiger partial charge on any atom is -0.454 e. The van der Waals surface area contributed by atoms with Crippen LogP contribution in [0.25, 0.3) is 0 Å². The maximum Gasteiger partial charge on any atom is 0.340 e. The van der Waals surface area contributed by atoms with Gasteiger partial charge in [-0.25, -0.2) is 4.79 Å². The summed E-state index contributed by atoms with van der Waals surface area (Å²) in [5.74, 6) is -1.36. The number of nitrogens with zero attached hydrogens (tertiary/aromatic N) is 1. The predicted octanol–water partition coefficient (Wildman–Crippen LogP) is 4.41. The van der Waals surface area contributed by atoms with E-state index in [0.717, 1.165) is 17.7 Å². The number of ketones is 1. The van der Waals surface area contributed by atoms with Crippen molar-refractivity contribution in [3.63, 3.8) is 0 Å². The van der Waals surface area contributed by atoms with Crippen molar-refractivity contribution in [1.29, 1.82) is 0 Å². The van der Waals surface area contributed by atoms with Crippen LogP contribution in [0.1, 0.15) is 49.5 Å². The number of anilines is 2. The van der Waals surface area contributed by atoms with Gasteiger partial charge in [-0.2, -0.15) is 0 Å². The molecule has 1 heterocycles. The van der Waals surface area contributed by atoms with Crippen molar-refractivity contribution in [2.24, 2.45) is 0 Å². The molecular formula is C27H24N2O5. The SMILES string of the molecule is Cc1cccc(C(=O)Nc2ccccc2C(=O)OCC(=O)c2ccc(N3CCCC3=O)cc2)c1. The Morgan fingerprint density at radius 1 is 0.941 bits per heavy atom. The molecule has 1 aliphatic heterocycles. The first-order valence-corrected chi connectivity index (χ1v) is 11.0. The van der Waals surface area contributed by atoms with Crippen molar-refractivity contribution < 1.29 is 23.9 Å². The normalized spacial score (nSPS) is 13.0. The highest BCUT2D eigenvalue weighted by Crippen LogP contribution is 2.22. The van der Waals surface area contributed by atoms with Crippen LogP contribution in [0.3, 0.4) is 0 Å². The quantitative estimate of drug-likeness (QED) is 0.420. The fourth-order valence-corrected chi connectivity index (χ4v) is 3.79. The van der Waals surface area contributed by atoms with E-state index in [-0.39, 0.29) is 23.2 Å². The zero-order valence-corrected chi connectivity index (χ0v) is 18.7. The van der Waals surface area contributed by atoms with Crippen molar-refractivity contribution in [2.45, 2.75) is 19.8 Å². The van der Waals surface area contributed by atoms with Gasteiger partial charge in [-0.05, 0) is 61.9 Å². The first-order chi connectivity index (χ1) is 16.4. The van der Waals surface area contributed by atoms with Gasteiger partial charge in [0.15, 0.2) is 12.4 Å². The van der Waals surface area contributed by atoms with Crippen LogP contribution in [-0.4, -0.2) is 36.7 Å². The molecule has 3 aromatic carbocycles. The molecule has 1 fully saturated rings. The van der Waals surface area contributed by atoms with E-state index in [4.69, 9.17) is 4.74 Å². The third-order valence-corrected chi connectivity index (χ3v) is 5.58. The zero-order chi connectivity index (χ0) is 24.1. The van der Waals surface area contributed by atoms with Crippen molar-refractivity contribution in [3.8, 4) is 0 Å². The van der Waals surface area contributed by atoms with Crippen LogP contribution >= 0.6 is 0 Å². The molecule has 0 spiro atoms. The average molecular weight is 456 g/mol. The van der Waals surface area contributed by atoms with Gasteiger partial charge in [0.2, 0.25) is 5.91 Å². The number of ether oxygens (including phenoxy) is 1. The van der Waals surface area contributed by atoms with Gasteiger partial charge in [-0.3, -0.25) is 14.4 Å². The monoisotopic (exact) mass is 456 g/mol. The summed E-state index contributed by atoms with van der Waals surface area (Å²) in [6.45, 7) is 2.11. The van der Waals surface area contributed by atoms with E-state index >= 15 is 0 Å². The number of carbonyl (C=O) groups is 4. The second-order valence-electron chi connectivity index (χ2n) is 8.06. The van der Waals surface area contributed by atoms with Gasteiger partial charge in [-0.15, -0.1) is 0 Å². The van der Waals surface area contributed by atoms with E-state index in [1.54, 1.807) is 65.6 Å². The van der Waals surface area contributed by atoms with Gasteiger partial charge in [0.25, 0.3) is 5.91 Å². The van der Waals surface area contributed by atoms with Gasteiger partial charge >= 0.3 is 5.97 Å². The molecule has 0 aromatic heterocycles. The predicted molar refractivity (Wildman–Crippen MR) is 128 cm³/mol. The summed E-state index contributed by atoms with van der Waals surface area (Å²) < 4.78 is 5.23. The fourth-order valence-electron chi connectivity index (χ4n) is 3.79. The molecule has 34 heavy (non-hydrogen) atoms. The maximum atomic E-state index is 12.7. The molecule has 7 nitrogen and oxygen atoms in total. The number of carbonyl (C=O) groups excluding carboxylic acids is 4. The summed E-state index contributed by atoms with van der Waals surface area (Å²) in [5.41, 5.74) is 2.99. The Morgan fingerprint density at radius 3 is 2.41 bits per heavy atom. The van der Waals surface area contributed by atoms with Crippen LogP contribution in [0.15, 0.2) is 72.8 Å². The average Bonchev–Trinajstić information content (AvgIpc) is 3.28. The largest absolute Gasteiger partial charge is 0.454 e. The lowest BCUT2D eigenvalue weighted by Crippen LogP contribution is -2.23. The molecule has 1 saturated heterocycles. The van der Waals surface area contributed by atoms with Gasteiger partial charge < -0.3 is 15.0 Å². The Hall–Kier alpha value is -4.26. The lowest BCUT2D eigenvalue weighted by molar-refractivity contribution is -0.117.